The summed E-state index contributed by atoms with van der Waals surface area (Å²) in [6, 6.07) is 5.84. The molecular formula is C13H18ClNO4S. The lowest BCUT2D eigenvalue weighted by molar-refractivity contribution is 0.0631. The number of carbonyl (C=O) groups excluding carboxylic acids is 1. The molecule has 112 valence electrons. The molecule has 0 aliphatic heterocycles. The van der Waals surface area contributed by atoms with Crippen LogP contribution in [0.2, 0.25) is 0 Å². The molecule has 0 N–H and O–H groups in total. The zero-order chi connectivity index (χ0) is 15.3. The minimum absolute atomic E-state index is 0.0762. The summed E-state index contributed by atoms with van der Waals surface area (Å²) in [4.78, 5) is 13.9. The number of amides is 1. The van der Waals surface area contributed by atoms with E-state index >= 15 is 0 Å². The number of halogens is 1. The van der Waals surface area contributed by atoms with Crippen LogP contribution in [0.5, 0.6) is 0 Å². The number of hydrogen-bond donors (Lipinski definition) is 0. The van der Waals surface area contributed by atoms with Gasteiger partial charge in [-0.2, -0.15) is 0 Å². The molecule has 0 bridgehead atoms. The Morgan fingerprint density at radius 2 is 1.95 bits per heavy atom. The maximum Gasteiger partial charge on any atom is 0.262 e. The Balaban J connectivity index is 3.19. The van der Waals surface area contributed by atoms with Crippen molar-refractivity contribution in [1.82, 2.24) is 4.90 Å². The third kappa shape index (κ3) is 4.19. The molecule has 0 aromatic heterocycles. The SMILES string of the molecule is COCCN(C(=O)c1ccccc1S(=O)(=O)Cl)C(C)C. The lowest BCUT2D eigenvalue weighted by atomic mass is 10.1. The van der Waals surface area contributed by atoms with Crippen LogP contribution >= 0.6 is 10.7 Å². The number of nitrogens with zero attached hydrogens (tertiary/aromatic N) is 1. The Hall–Kier alpha value is -1.11. The van der Waals surface area contributed by atoms with Crippen LogP contribution < -0.4 is 0 Å². The van der Waals surface area contributed by atoms with E-state index < -0.39 is 9.05 Å². The molecule has 0 saturated heterocycles. The van der Waals surface area contributed by atoms with Gasteiger partial charge in [-0.3, -0.25) is 4.79 Å². The van der Waals surface area contributed by atoms with Crippen molar-refractivity contribution in [2.45, 2.75) is 24.8 Å². The first-order valence-corrected chi connectivity index (χ1v) is 8.43. The van der Waals surface area contributed by atoms with Crippen molar-refractivity contribution in [2.75, 3.05) is 20.3 Å². The number of carbonyl (C=O) groups is 1. The third-order valence-electron chi connectivity index (χ3n) is 2.80. The summed E-state index contributed by atoms with van der Waals surface area (Å²) >= 11 is 0. The monoisotopic (exact) mass is 319 g/mol. The van der Waals surface area contributed by atoms with Crippen molar-refractivity contribution in [3.63, 3.8) is 0 Å². The molecule has 5 nitrogen and oxygen atoms in total. The summed E-state index contributed by atoms with van der Waals surface area (Å²) in [6.07, 6.45) is 0. The molecule has 7 heteroatoms. The minimum atomic E-state index is -3.96. The topological polar surface area (TPSA) is 63.7 Å². The maximum absolute atomic E-state index is 12.5. The first-order valence-electron chi connectivity index (χ1n) is 6.12. The minimum Gasteiger partial charge on any atom is -0.383 e. The molecule has 0 saturated carbocycles. The molecule has 0 spiro atoms. The summed E-state index contributed by atoms with van der Waals surface area (Å²) in [5, 5.41) is 0. The highest BCUT2D eigenvalue weighted by Crippen LogP contribution is 2.21. The molecule has 1 aromatic rings. The van der Waals surface area contributed by atoms with Crippen LogP contribution in [0.3, 0.4) is 0 Å². The second-order valence-corrected chi connectivity index (χ2v) is 7.05. The van der Waals surface area contributed by atoms with E-state index in [4.69, 9.17) is 15.4 Å². The summed E-state index contributed by atoms with van der Waals surface area (Å²) < 4.78 is 28.0. The van der Waals surface area contributed by atoms with Gasteiger partial charge in [-0.1, -0.05) is 12.1 Å². The van der Waals surface area contributed by atoms with Crippen molar-refractivity contribution in [2.24, 2.45) is 0 Å². The van der Waals surface area contributed by atoms with Crippen molar-refractivity contribution >= 4 is 25.6 Å². The van der Waals surface area contributed by atoms with Gasteiger partial charge in [0.25, 0.3) is 15.0 Å². The second-order valence-electron chi connectivity index (χ2n) is 4.52. The average Bonchev–Trinajstić information content (AvgIpc) is 2.37. The fraction of sp³-hybridized carbons (Fsp3) is 0.462. The normalized spacial score (nSPS) is 11.7. The molecular weight excluding hydrogens is 302 g/mol. The second kappa shape index (κ2) is 7.06. The molecule has 0 fully saturated rings. The van der Waals surface area contributed by atoms with E-state index in [0.717, 1.165) is 0 Å². The molecule has 1 rings (SSSR count). The molecule has 20 heavy (non-hydrogen) atoms. The Morgan fingerprint density at radius 1 is 1.35 bits per heavy atom. The largest absolute Gasteiger partial charge is 0.383 e. The van der Waals surface area contributed by atoms with E-state index in [1.807, 2.05) is 13.8 Å². The van der Waals surface area contributed by atoms with E-state index in [1.165, 1.54) is 18.2 Å². The fourth-order valence-electron chi connectivity index (χ4n) is 1.79. The van der Waals surface area contributed by atoms with E-state index in [9.17, 15) is 13.2 Å². The number of methoxy groups -OCH3 is 1. The molecule has 0 aliphatic carbocycles. The zero-order valence-electron chi connectivity index (χ0n) is 11.7. The lowest BCUT2D eigenvalue weighted by Gasteiger charge is -2.27. The molecule has 0 atom stereocenters. The van der Waals surface area contributed by atoms with Crippen LogP contribution in [0.4, 0.5) is 0 Å². The van der Waals surface area contributed by atoms with E-state index in [0.29, 0.717) is 13.2 Å². The van der Waals surface area contributed by atoms with Gasteiger partial charge in [0.1, 0.15) is 0 Å². The van der Waals surface area contributed by atoms with Gasteiger partial charge in [0.05, 0.1) is 17.1 Å². The van der Waals surface area contributed by atoms with Crippen molar-refractivity contribution < 1.29 is 17.9 Å². The van der Waals surface area contributed by atoms with Crippen LogP contribution in [0.25, 0.3) is 0 Å². The van der Waals surface area contributed by atoms with Crippen LogP contribution in [0, 0.1) is 0 Å². The maximum atomic E-state index is 12.5. The van der Waals surface area contributed by atoms with Crippen molar-refractivity contribution in [1.29, 1.82) is 0 Å². The van der Waals surface area contributed by atoms with Gasteiger partial charge in [-0.15, -0.1) is 0 Å². The Labute approximate surface area is 123 Å². The molecule has 0 unspecified atom stereocenters. The summed E-state index contributed by atoms with van der Waals surface area (Å²) in [7, 11) is 2.95. The predicted molar refractivity (Wildman–Crippen MR) is 77.5 cm³/mol. The highest BCUT2D eigenvalue weighted by molar-refractivity contribution is 8.13. The van der Waals surface area contributed by atoms with Gasteiger partial charge in [0.2, 0.25) is 0 Å². The average molecular weight is 320 g/mol. The Bertz CT molecular complexity index is 571. The molecule has 1 amide bonds. The van der Waals surface area contributed by atoms with E-state index in [-0.39, 0.29) is 22.4 Å². The van der Waals surface area contributed by atoms with E-state index in [2.05, 4.69) is 0 Å². The molecule has 0 radical (unpaired) electrons. The van der Waals surface area contributed by atoms with Gasteiger partial charge in [-0.05, 0) is 26.0 Å². The zero-order valence-corrected chi connectivity index (χ0v) is 13.2. The van der Waals surface area contributed by atoms with Crippen LogP contribution in [0.15, 0.2) is 29.2 Å². The number of benzene rings is 1. The van der Waals surface area contributed by atoms with Gasteiger partial charge < -0.3 is 9.64 Å². The number of hydrogen-bond acceptors (Lipinski definition) is 4. The summed E-state index contributed by atoms with van der Waals surface area (Å²) in [6.45, 7) is 4.46. The fourth-order valence-corrected chi connectivity index (χ4v) is 2.86. The highest BCUT2D eigenvalue weighted by atomic mass is 35.7. The van der Waals surface area contributed by atoms with Gasteiger partial charge >= 0.3 is 0 Å². The highest BCUT2D eigenvalue weighted by Gasteiger charge is 2.25. The predicted octanol–water partition coefficient (Wildman–Crippen LogP) is 2.11. The third-order valence-corrected chi connectivity index (χ3v) is 4.18. The Kier molecular flexibility index (Phi) is 5.98. The smallest absolute Gasteiger partial charge is 0.262 e. The summed E-state index contributed by atoms with van der Waals surface area (Å²) in [5.74, 6) is -0.378. The van der Waals surface area contributed by atoms with Crippen molar-refractivity contribution in [3.05, 3.63) is 29.8 Å². The van der Waals surface area contributed by atoms with Gasteiger partial charge in [0.15, 0.2) is 0 Å². The number of rotatable bonds is 6. The van der Waals surface area contributed by atoms with Crippen LogP contribution in [0.1, 0.15) is 24.2 Å². The van der Waals surface area contributed by atoms with Gasteiger partial charge in [-0.25, -0.2) is 8.42 Å². The summed E-state index contributed by atoms with van der Waals surface area (Å²) in [5.41, 5.74) is 0.0762. The van der Waals surface area contributed by atoms with Gasteiger partial charge in [0, 0.05) is 30.4 Å². The number of ether oxygens (including phenoxy) is 1. The first kappa shape index (κ1) is 16.9. The van der Waals surface area contributed by atoms with Crippen LogP contribution in [-0.4, -0.2) is 45.5 Å². The standard InChI is InChI=1S/C13H18ClNO4S/c1-10(2)15(8-9-19-3)13(16)11-6-4-5-7-12(11)20(14,17)18/h4-7,10H,8-9H2,1-3H3. The van der Waals surface area contributed by atoms with E-state index in [1.54, 1.807) is 18.1 Å². The van der Waals surface area contributed by atoms with Crippen molar-refractivity contribution in [3.8, 4) is 0 Å². The molecule has 1 aromatic carbocycles. The lowest BCUT2D eigenvalue weighted by Crippen LogP contribution is -2.39. The molecule has 0 aliphatic rings. The first-order chi connectivity index (χ1) is 9.29. The molecule has 0 heterocycles. The Morgan fingerprint density at radius 3 is 2.45 bits per heavy atom. The van der Waals surface area contributed by atoms with Crippen LogP contribution in [-0.2, 0) is 13.8 Å². The quantitative estimate of drug-likeness (QED) is 0.753.